The molecule has 126 valence electrons. The number of benzene rings is 2. The standard InChI is InChI=1S/C17H14ClF2NO3/c1-9-3-5-11(6-4-9)21-16(22)10(2)24-17(23)12-7-14(19)15(20)8-13(12)18/h3-8,10H,1-2H3,(H,21,22)/t10-/m0/s1. The smallest absolute Gasteiger partial charge is 0.340 e. The number of rotatable bonds is 4. The van der Waals surface area contributed by atoms with Gasteiger partial charge in [0.2, 0.25) is 0 Å². The summed E-state index contributed by atoms with van der Waals surface area (Å²) in [4.78, 5) is 24.0. The van der Waals surface area contributed by atoms with Crippen molar-refractivity contribution in [1.82, 2.24) is 0 Å². The van der Waals surface area contributed by atoms with E-state index in [0.29, 0.717) is 17.8 Å². The highest BCUT2D eigenvalue weighted by atomic mass is 35.5. The van der Waals surface area contributed by atoms with Crippen LogP contribution in [0.15, 0.2) is 36.4 Å². The Hall–Kier alpha value is -2.47. The van der Waals surface area contributed by atoms with E-state index in [4.69, 9.17) is 16.3 Å². The Labute approximate surface area is 142 Å². The van der Waals surface area contributed by atoms with Gasteiger partial charge in [0, 0.05) is 5.69 Å². The molecule has 0 radical (unpaired) electrons. The molecule has 2 rings (SSSR count). The SMILES string of the molecule is Cc1ccc(NC(=O)[C@H](C)OC(=O)c2cc(F)c(F)cc2Cl)cc1. The number of halogens is 3. The minimum atomic E-state index is -1.23. The van der Waals surface area contributed by atoms with Gasteiger partial charge in [-0.25, -0.2) is 13.6 Å². The molecule has 0 saturated heterocycles. The van der Waals surface area contributed by atoms with Crippen molar-refractivity contribution < 1.29 is 23.1 Å². The summed E-state index contributed by atoms with van der Waals surface area (Å²) in [5.41, 5.74) is 1.21. The van der Waals surface area contributed by atoms with Crippen molar-refractivity contribution in [1.29, 1.82) is 0 Å². The van der Waals surface area contributed by atoms with Crippen LogP contribution in [0.1, 0.15) is 22.8 Å². The van der Waals surface area contributed by atoms with Crippen molar-refractivity contribution >= 4 is 29.2 Å². The van der Waals surface area contributed by atoms with Crippen LogP contribution in [-0.2, 0) is 9.53 Å². The van der Waals surface area contributed by atoms with E-state index in [1.54, 1.807) is 12.1 Å². The number of nitrogens with one attached hydrogen (secondary N) is 1. The summed E-state index contributed by atoms with van der Waals surface area (Å²) >= 11 is 5.70. The lowest BCUT2D eigenvalue weighted by atomic mass is 10.2. The summed E-state index contributed by atoms with van der Waals surface area (Å²) in [5, 5.41) is 2.28. The first kappa shape index (κ1) is 17.9. The third kappa shape index (κ3) is 4.29. The predicted molar refractivity (Wildman–Crippen MR) is 86.1 cm³/mol. The number of carbonyl (C=O) groups excluding carboxylic acids is 2. The largest absolute Gasteiger partial charge is 0.449 e. The highest BCUT2D eigenvalue weighted by molar-refractivity contribution is 6.33. The fourth-order valence-corrected chi connectivity index (χ4v) is 2.06. The summed E-state index contributed by atoms with van der Waals surface area (Å²) in [7, 11) is 0. The molecule has 4 nitrogen and oxygen atoms in total. The van der Waals surface area contributed by atoms with Crippen molar-refractivity contribution in [2.75, 3.05) is 5.32 Å². The number of ether oxygens (including phenoxy) is 1. The molecular weight excluding hydrogens is 340 g/mol. The molecular formula is C17H14ClF2NO3. The fourth-order valence-electron chi connectivity index (χ4n) is 1.84. The van der Waals surface area contributed by atoms with Gasteiger partial charge in [0.05, 0.1) is 10.6 Å². The Morgan fingerprint density at radius 1 is 1.12 bits per heavy atom. The van der Waals surface area contributed by atoms with Crippen LogP contribution in [0.4, 0.5) is 14.5 Å². The quantitative estimate of drug-likeness (QED) is 0.664. The van der Waals surface area contributed by atoms with E-state index in [9.17, 15) is 18.4 Å². The van der Waals surface area contributed by atoms with Crippen LogP contribution in [-0.4, -0.2) is 18.0 Å². The lowest BCUT2D eigenvalue weighted by molar-refractivity contribution is -0.123. The second kappa shape index (κ2) is 7.40. The molecule has 0 aromatic heterocycles. The van der Waals surface area contributed by atoms with E-state index in [1.165, 1.54) is 6.92 Å². The highest BCUT2D eigenvalue weighted by Crippen LogP contribution is 2.21. The van der Waals surface area contributed by atoms with Gasteiger partial charge in [-0.2, -0.15) is 0 Å². The molecule has 0 aliphatic rings. The molecule has 2 aromatic carbocycles. The molecule has 2 aromatic rings. The van der Waals surface area contributed by atoms with Crippen LogP contribution in [0.3, 0.4) is 0 Å². The summed E-state index contributed by atoms with van der Waals surface area (Å²) in [5.74, 6) is -4.00. The normalized spacial score (nSPS) is 11.7. The number of aryl methyl sites for hydroxylation is 1. The van der Waals surface area contributed by atoms with Crippen molar-refractivity contribution in [3.05, 3.63) is 64.2 Å². The van der Waals surface area contributed by atoms with Crippen LogP contribution in [0, 0.1) is 18.6 Å². The maximum atomic E-state index is 13.2. The lowest BCUT2D eigenvalue weighted by Gasteiger charge is -2.14. The van der Waals surface area contributed by atoms with Crippen molar-refractivity contribution in [3.8, 4) is 0 Å². The second-order valence-electron chi connectivity index (χ2n) is 5.15. The molecule has 0 aliphatic carbocycles. The van der Waals surface area contributed by atoms with E-state index in [0.717, 1.165) is 5.56 Å². The van der Waals surface area contributed by atoms with Gasteiger partial charge in [-0.1, -0.05) is 29.3 Å². The number of carbonyl (C=O) groups is 2. The Morgan fingerprint density at radius 2 is 1.71 bits per heavy atom. The van der Waals surface area contributed by atoms with Crippen LogP contribution >= 0.6 is 11.6 Å². The van der Waals surface area contributed by atoms with Gasteiger partial charge < -0.3 is 10.1 Å². The number of hydrogen-bond acceptors (Lipinski definition) is 3. The zero-order valence-electron chi connectivity index (χ0n) is 12.9. The molecule has 0 bridgehead atoms. The highest BCUT2D eigenvalue weighted by Gasteiger charge is 2.22. The van der Waals surface area contributed by atoms with E-state index in [1.807, 2.05) is 19.1 Å². The van der Waals surface area contributed by atoms with Gasteiger partial charge in [-0.05, 0) is 38.1 Å². The van der Waals surface area contributed by atoms with Gasteiger partial charge in [0.15, 0.2) is 17.7 Å². The molecule has 0 aliphatic heterocycles. The molecule has 1 atom stereocenters. The van der Waals surface area contributed by atoms with Crippen molar-refractivity contribution in [2.24, 2.45) is 0 Å². The molecule has 7 heteroatoms. The first-order valence-corrected chi connectivity index (χ1v) is 7.39. The monoisotopic (exact) mass is 353 g/mol. The summed E-state index contributed by atoms with van der Waals surface area (Å²) in [6, 6.07) is 8.33. The van der Waals surface area contributed by atoms with Crippen LogP contribution in [0.5, 0.6) is 0 Å². The van der Waals surface area contributed by atoms with E-state index in [2.05, 4.69) is 5.32 Å². The summed E-state index contributed by atoms with van der Waals surface area (Å²) in [6.07, 6.45) is -1.15. The topological polar surface area (TPSA) is 55.4 Å². The molecule has 0 saturated carbocycles. The molecule has 1 N–H and O–H groups in total. The Morgan fingerprint density at radius 3 is 2.33 bits per heavy atom. The average molecular weight is 354 g/mol. The van der Waals surface area contributed by atoms with Gasteiger partial charge in [0.25, 0.3) is 5.91 Å². The number of esters is 1. The Bertz CT molecular complexity index is 778. The number of anilines is 1. The van der Waals surface area contributed by atoms with Crippen molar-refractivity contribution in [2.45, 2.75) is 20.0 Å². The number of amides is 1. The van der Waals surface area contributed by atoms with Gasteiger partial charge >= 0.3 is 5.97 Å². The van der Waals surface area contributed by atoms with Crippen LogP contribution in [0.2, 0.25) is 5.02 Å². The molecule has 0 heterocycles. The molecule has 1 amide bonds. The molecule has 0 spiro atoms. The molecule has 24 heavy (non-hydrogen) atoms. The summed E-state index contributed by atoms with van der Waals surface area (Å²) in [6.45, 7) is 3.26. The molecule has 0 fully saturated rings. The molecule has 0 unspecified atom stereocenters. The van der Waals surface area contributed by atoms with E-state index >= 15 is 0 Å². The maximum absolute atomic E-state index is 13.2. The maximum Gasteiger partial charge on any atom is 0.340 e. The van der Waals surface area contributed by atoms with E-state index < -0.39 is 29.6 Å². The zero-order chi connectivity index (χ0) is 17.9. The predicted octanol–water partition coefficient (Wildman–Crippen LogP) is 4.11. The summed E-state index contributed by atoms with van der Waals surface area (Å²) < 4.78 is 31.2. The zero-order valence-corrected chi connectivity index (χ0v) is 13.7. The number of hydrogen-bond donors (Lipinski definition) is 1. The first-order chi connectivity index (χ1) is 11.3. The Balaban J connectivity index is 2.04. The first-order valence-electron chi connectivity index (χ1n) is 7.01. The third-order valence-electron chi connectivity index (χ3n) is 3.20. The Kier molecular flexibility index (Phi) is 5.51. The fraction of sp³-hybridized carbons (Fsp3) is 0.176. The third-order valence-corrected chi connectivity index (χ3v) is 3.51. The van der Waals surface area contributed by atoms with Crippen LogP contribution in [0.25, 0.3) is 0 Å². The second-order valence-corrected chi connectivity index (χ2v) is 5.56. The average Bonchev–Trinajstić information content (AvgIpc) is 2.52. The lowest BCUT2D eigenvalue weighted by Crippen LogP contribution is -2.30. The minimum absolute atomic E-state index is 0.301. The van der Waals surface area contributed by atoms with Gasteiger partial charge in [0.1, 0.15) is 0 Å². The minimum Gasteiger partial charge on any atom is -0.449 e. The van der Waals surface area contributed by atoms with Crippen molar-refractivity contribution in [3.63, 3.8) is 0 Å². The van der Waals surface area contributed by atoms with Gasteiger partial charge in [-0.3, -0.25) is 4.79 Å². The van der Waals surface area contributed by atoms with E-state index in [-0.39, 0.29) is 10.6 Å². The van der Waals surface area contributed by atoms with Gasteiger partial charge in [-0.15, -0.1) is 0 Å². The van der Waals surface area contributed by atoms with Crippen LogP contribution < -0.4 is 5.32 Å².